The molecule has 148 valence electrons. The first kappa shape index (κ1) is 18.6. The third-order valence-corrected chi connectivity index (χ3v) is 5.92. The molecule has 0 radical (unpaired) electrons. The molecule has 4 heterocycles. The van der Waals surface area contributed by atoms with Gasteiger partial charge in [-0.15, -0.1) is 0 Å². The first-order valence-corrected chi connectivity index (χ1v) is 9.48. The molecule has 0 spiro atoms. The summed E-state index contributed by atoms with van der Waals surface area (Å²) in [6.07, 6.45) is -2.72. The standard InChI is InChI=1S/C19H24F3N3O2/c20-19(21,22)14-9-17(23-10-14)27-15-3-1-13(2-4-15)18(26)24-16-11-25-7-5-12(16)6-8-25/h1-4,12,14,16-17,23H,5-11H2,(H,24,26)/t14?,16-,17?/m0/s1. The largest absolute Gasteiger partial charge is 0.475 e. The van der Waals surface area contributed by atoms with Crippen LogP contribution >= 0.6 is 0 Å². The van der Waals surface area contributed by atoms with Crippen molar-refractivity contribution in [3.8, 4) is 5.75 Å². The fourth-order valence-electron chi connectivity index (χ4n) is 4.27. The molecule has 4 aliphatic heterocycles. The zero-order chi connectivity index (χ0) is 19.0. The van der Waals surface area contributed by atoms with Crippen LogP contribution in [-0.2, 0) is 0 Å². The number of carbonyl (C=O) groups is 1. The minimum Gasteiger partial charge on any atom is -0.475 e. The number of rotatable bonds is 4. The predicted octanol–water partition coefficient (Wildman–Crippen LogP) is 2.39. The van der Waals surface area contributed by atoms with E-state index in [1.165, 1.54) is 0 Å². The number of hydrogen-bond donors (Lipinski definition) is 2. The van der Waals surface area contributed by atoms with E-state index in [9.17, 15) is 18.0 Å². The van der Waals surface area contributed by atoms with Crippen LogP contribution < -0.4 is 15.4 Å². The van der Waals surface area contributed by atoms with Gasteiger partial charge in [-0.1, -0.05) is 0 Å². The minimum absolute atomic E-state index is 0.106. The number of hydrogen-bond acceptors (Lipinski definition) is 4. The SMILES string of the molecule is O=C(N[C@H]1CN2CCC1CC2)c1ccc(OC2CC(C(F)(F)F)CN2)cc1. The van der Waals surface area contributed by atoms with Gasteiger partial charge in [0.15, 0.2) is 6.23 Å². The van der Waals surface area contributed by atoms with Crippen molar-refractivity contribution in [1.29, 1.82) is 0 Å². The summed E-state index contributed by atoms with van der Waals surface area (Å²) < 4.78 is 43.7. The lowest BCUT2D eigenvalue weighted by atomic mass is 9.84. The first-order chi connectivity index (χ1) is 12.9. The molecule has 1 amide bonds. The van der Waals surface area contributed by atoms with Crippen LogP contribution in [0, 0.1) is 11.8 Å². The molecule has 4 fully saturated rings. The Hall–Kier alpha value is -1.80. The number of piperidine rings is 3. The van der Waals surface area contributed by atoms with Crippen molar-refractivity contribution >= 4 is 5.91 Å². The van der Waals surface area contributed by atoms with Crippen molar-refractivity contribution in [3.05, 3.63) is 29.8 Å². The molecule has 0 saturated carbocycles. The Labute approximate surface area is 156 Å². The van der Waals surface area contributed by atoms with Crippen LogP contribution in [0.2, 0.25) is 0 Å². The Bertz CT molecular complexity index is 672. The fourth-order valence-corrected chi connectivity index (χ4v) is 4.27. The molecular weight excluding hydrogens is 359 g/mol. The molecule has 1 aromatic carbocycles. The van der Waals surface area contributed by atoms with Gasteiger partial charge in [-0.05, 0) is 56.1 Å². The van der Waals surface area contributed by atoms with Gasteiger partial charge in [-0.2, -0.15) is 13.2 Å². The van der Waals surface area contributed by atoms with E-state index < -0.39 is 18.3 Å². The highest BCUT2D eigenvalue weighted by atomic mass is 19.4. The molecular formula is C19H24F3N3O2. The van der Waals surface area contributed by atoms with Gasteiger partial charge < -0.3 is 15.0 Å². The third kappa shape index (κ3) is 4.21. The molecule has 2 bridgehead atoms. The fraction of sp³-hybridized carbons (Fsp3) is 0.632. The monoisotopic (exact) mass is 383 g/mol. The van der Waals surface area contributed by atoms with Gasteiger partial charge >= 0.3 is 6.18 Å². The van der Waals surface area contributed by atoms with Gasteiger partial charge in [0.05, 0.1) is 5.92 Å². The summed E-state index contributed by atoms with van der Waals surface area (Å²) in [5, 5.41) is 5.87. The van der Waals surface area contributed by atoms with Crippen LogP contribution in [0.4, 0.5) is 13.2 Å². The Morgan fingerprint density at radius 1 is 1.19 bits per heavy atom. The maximum atomic E-state index is 12.7. The molecule has 1 aromatic rings. The average molecular weight is 383 g/mol. The molecule has 4 aliphatic rings. The van der Waals surface area contributed by atoms with Crippen molar-refractivity contribution in [1.82, 2.24) is 15.5 Å². The lowest BCUT2D eigenvalue weighted by Crippen LogP contribution is -2.57. The van der Waals surface area contributed by atoms with Gasteiger partial charge in [-0.3, -0.25) is 10.1 Å². The lowest BCUT2D eigenvalue weighted by Gasteiger charge is -2.44. The van der Waals surface area contributed by atoms with E-state index in [4.69, 9.17) is 4.74 Å². The third-order valence-electron chi connectivity index (χ3n) is 5.92. The summed E-state index contributed by atoms with van der Waals surface area (Å²) in [5.41, 5.74) is 0.534. The number of benzene rings is 1. The Kier molecular flexibility index (Phi) is 5.03. The highest BCUT2D eigenvalue weighted by Gasteiger charge is 2.44. The molecule has 3 atom stereocenters. The molecule has 5 rings (SSSR count). The normalized spacial score (nSPS) is 33.1. The van der Waals surface area contributed by atoms with Crippen molar-refractivity contribution < 1.29 is 22.7 Å². The number of halogens is 3. The van der Waals surface area contributed by atoms with Crippen LogP contribution in [0.15, 0.2) is 24.3 Å². The van der Waals surface area contributed by atoms with Crippen molar-refractivity contribution in [3.63, 3.8) is 0 Å². The Morgan fingerprint density at radius 2 is 1.89 bits per heavy atom. The summed E-state index contributed by atoms with van der Waals surface area (Å²) in [6.45, 7) is 3.01. The molecule has 0 aliphatic carbocycles. The minimum atomic E-state index is -4.21. The molecule has 27 heavy (non-hydrogen) atoms. The van der Waals surface area contributed by atoms with Gasteiger partial charge in [0, 0.05) is 31.1 Å². The second kappa shape index (κ2) is 7.31. The summed E-state index contributed by atoms with van der Waals surface area (Å²) in [7, 11) is 0. The molecule has 8 heteroatoms. The number of nitrogens with one attached hydrogen (secondary N) is 2. The van der Waals surface area contributed by atoms with Gasteiger partial charge in [-0.25, -0.2) is 0 Å². The van der Waals surface area contributed by atoms with E-state index in [0.29, 0.717) is 17.2 Å². The number of alkyl halides is 3. The second-order valence-electron chi connectivity index (χ2n) is 7.73. The summed E-state index contributed by atoms with van der Waals surface area (Å²) in [4.78, 5) is 14.9. The van der Waals surface area contributed by atoms with E-state index in [1.807, 2.05) is 0 Å². The summed E-state index contributed by atoms with van der Waals surface area (Å²) in [5.74, 6) is -0.489. The quantitative estimate of drug-likeness (QED) is 0.838. The lowest BCUT2D eigenvalue weighted by molar-refractivity contribution is -0.170. The van der Waals surface area contributed by atoms with E-state index >= 15 is 0 Å². The molecule has 2 N–H and O–H groups in total. The van der Waals surface area contributed by atoms with Crippen LogP contribution in [0.25, 0.3) is 0 Å². The van der Waals surface area contributed by atoms with Gasteiger partial charge in [0.25, 0.3) is 5.91 Å². The highest BCUT2D eigenvalue weighted by molar-refractivity contribution is 5.94. The molecule has 4 saturated heterocycles. The molecule has 5 nitrogen and oxygen atoms in total. The van der Waals surface area contributed by atoms with E-state index in [-0.39, 0.29) is 24.9 Å². The zero-order valence-electron chi connectivity index (χ0n) is 15.0. The van der Waals surface area contributed by atoms with Crippen molar-refractivity contribution in [2.75, 3.05) is 26.2 Å². The van der Waals surface area contributed by atoms with Crippen molar-refractivity contribution in [2.45, 2.75) is 37.7 Å². The summed E-state index contributed by atoms with van der Waals surface area (Å²) >= 11 is 0. The number of fused-ring (bicyclic) bond motifs is 3. The van der Waals surface area contributed by atoms with E-state index in [2.05, 4.69) is 15.5 Å². The predicted molar refractivity (Wildman–Crippen MR) is 93.4 cm³/mol. The van der Waals surface area contributed by atoms with Gasteiger partial charge in [0.2, 0.25) is 0 Å². The first-order valence-electron chi connectivity index (χ1n) is 9.48. The zero-order valence-corrected chi connectivity index (χ0v) is 15.0. The smallest absolute Gasteiger partial charge is 0.393 e. The van der Waals surface area contributed by atoms with Crippen LogP contribution in [0.5, 0.6) is 5.75 Å². The van der Waals surface area contributed by atoms with Gasteiger partial charge in [0.1, 0.15) is 5.75 Å². The Morgan fingerprint density at radius 3 is 2.44 bits per heavy atom. The molecule has 2 unspecified atom stereocenters. The molecule has 0 aromatic heterocycles. The number of nitrogens with zero attached hydrogens (tertiary/aromatic N) is 1. The van der Waals surface area contributed by atoms with E-state index in [1.54, 1.807) is 24.3 Å². The summed E-state index contributed by atoms with van der Waals surface area (Å²) in [6, 6.07) is 6.77. The van der Waals surface area contributed by atoms with E-state index in [0.717, 1.165) is 32.5 Å². The number of carbonyl (C=O) groups excluding carboxylic acids is 1. The number of ether oxygens (including phenoxy) is 1. The maximum absolute atomic E-state index is 12.7. The van der Waals surface area contributed by atoms with Crippen LogP contribution in [-0.4, -0.2) is 55.4 Å². The Balaban J connectivity index is 1.30. The second-order valence-corrected chi connectivity index (χ2v) is 7.73. The van der Waals surface area contributed by atoms with Crippen LogP contribution in [0.3, 0.4) is 0 Å². The van der Waals surface area contributed by atoms with Crippen LogP contribution in [0.1, 0.15) is 29.6 Å². The number of amides is 1. The average Bonchev–Trinajstić information content (AvgIpc) is 3.12. The topological polar surface area (TPSA) is 53.6 Å². The van der Waals surface area contributed by atoms with Crippen molar-refractivity contribution in [2.24, 2.45) is 11.8 Å². The highest BCUT2D eigenvalue weighted by Crippen LogP contribution is 2.33. The maximum Gasteiger partial charge on any atom is 0.393 e.